The predicted octanol–water partition coefficient (Wildman–Crippen LogP) is 19.3. The third-order valence-electron chi connectivity index (χ3n) is 16.2. The molecule has 0 aliphatic rings. The largest absolute Gasteiger partial charge is 0.295 e. The SMILES string of the molecule is Cc1nc2ccccc2n1-c1c2ccccc2c(-c2ccc3cc(-c4ccc(-c5nc6ccc(-c7c8ccccc8c(-c8ccc9ccccc9c8)c8ccccc78)cc6n5-c5ccccc5)nc4)ccc3c2)c2ccccc12. The number of hydrogen-bond donors (Lipinski definition) is 0. The van der Waals surface area contributed by atoms with E-state index in [1.54, 1.807) is 0 Å². The molecule has 0 saturated carbocycles. The molecule has 0 atom stereocenters. The molecule has 16 aromatic rings. The van der Waals surface area contributed by atoms with Crippen LogP contribution < -0.4 is 0 Å². The van der Waals surface area contributed by atoms with Crippen LogP contribution in [0.5, 0.6) is 0 Å². The summed E-state index contributed by atoms with van der Waals surface area (Å²) in [6.07, 6.45) is 1.99. The molecule has 3 heterocycles. The molecule has 0 amide bonds. The molecular weight excluding hydrogens is 959 g/mol. The zero-order chi connectivity index (χ0) is 52.1. The Balaban J connectivity index is 0.777. The van der Waals surface area contributed by atoms with Crippen molar-refractivity contribution in [2.75, 3.05) is 0 Å². The van der Waals surface area contributed by atoms with Gasteiger partial charge in [-0.3, -0.25) is 14.1 Å². The van der Waals surface area contributed by atoms with E-state index in [2.05, 4.69) is 277 Å². The zero-order valence-corrected chi connectivity index (χ0v) is 43.1. The van der Waals surface area contributed by atoms with Gasteiger partial charge in [-0.1, -0.05) is 200 Å². The van der Waals surface area contributed by atoms with Crippen LogP contribution in [0.1, 0.15) is 5.82 Å². The van der Waals surface area contributed by atoms with Crippen molar-refractivity contribution in [3.05, 3.63) is 273 Å². The molecule has 368 valence electrons. The van der Waals surface area contributed by atoms with E-state index in [0.717, 1.165) is 67.5 Å². The lowest BCUT2D eigenvalue weighted by Crippen LogP contribution is -2.01. The Labute approximate surface area is 455 Å². The lowest BCUT2D eigenvalue weighted by atomic mass is 9.85. The molecule has 16 rings (SSSR count). The Morgan fingerprint density at radius 1 is 0.304 bits per heavy atom. The van der Waals surface area contributed by atoms with Gasteiger partial charge in [0.1, 0.15) is 11.5 Å². The first-order valence-corrected chi connectivity index (χ1v) is 27.0. The third-order valence-corrected chi connectivity index (χ3v) is 16.2. The number of fused-ring (bicyclic) bond motifs is 8. The second-order valence-electron chi connectivity index (χ2n) is 20.7. The highest BCUT2D eigenvalue weighted by atomic mass is 15.1. The van der Waals surface area contributed by atoms with E-state index >= 15 is 0 Å². The van der Waals surface area contributed by atoms with E-state index in [4.69, 9.17) is 15.0 Å². The summed E-state index contributed by atoms with van der Waals surface area (Å²) in [5, 5.41) is 14.5. The van der Waals surface area contributed by atoms with Gasteiger partial charge in [0.2, 0.25) is 0 Å². The molecule has 5 nitrogen and oxygen atoms in total. The van der Waals surface area contributed by atoms with Gasteiger partial charge in [0.25, 0.3) is 0 Å². The van der Waals surface area contributed by atoms with E-state index in [-0.39, 0.29) is 0 Å². The Hall–Kier alpha value is -10.5. The molecule has 0 fully saturated rings. The number of aromatic nitrogens is 5. The van der Waals surface area contributed by atoms with Crippen molar-refractivity contribution in [3.8, 4) is 67.4 Å². The molecule has 3 aromatic heterocycles. The van der Waals surface area contributed by atoms with Gasteiger partial charge in [0.15, 0.2) is 5.82 Å². The minimum Gasteiger partial charge on any atom is -0.295 e. The van der Waals surface area contributed by atoms with E-state index < -0.39 is 0 Å². The number of aryl methyl sites for hydroxylation is 1. The summed E-state index contributed by atoms with van der Waals surface area (Å²) in [6, 6.07) is 94.5. The van der Waals surface area contributed by atoms with Gasteiger partial charge < -0.3 is 0 Å². The highest BCUT2D eigenvalue weighted by Gasteiger charge is 2.23. The van der Waals surface area contributed by atoms with Crippen LogP contribution in [-0.4, -0.2) is 24.1 Å². The fourth-order valence-corrected chi connectivity index (χ4v) is 12.7. The van der Waals surface area contributed by atoms with Crippen molar-refractivity contribution in [2.45, 2.75) is 6.92 Å². The van der Waals surface area contributed by atoms with E-state index in [1.165, 1.54) is 92.5 Å². The second kappa shape index (κ2) is 17.8. The minimum absolute atomic E-state index is 0.791. The number of benzene rings is 13. The number of hydrogen-bond acceptors (Lipinski definition) is 3. The van der Waals surface area contributed by atoms with Gasteiger partial charge in [0.05, 0.1) is 27.8 Å². The quantitative estimate of drug-likeness (QED) is 0.150. The lowest BCUT2D eigenvalue weighted by Gasteiger charge is -2.19. The zero-order valence-electron chi connectivity index (χ0n) is 43.1. The summed E-state index contributed by atoms with van der Waals surface area (Å²) in [7, 11) is 0. The fourth-order valence-electron chi connectivity index (χ4n) is 12.7. The van der Waals surface area contributed by atoms with E-state index in [1.807, 2.05) is 6.20 Å². The van der Waals surface area contributed by atoms with E-state index in [0.29, 0.717) is 0 Å². The highest BCUT2D eigenvalue weighted by Crippen LogP contribution is 2.46. The first-order valence-electron chi connectivity index (χ1n) is 27.0. The number of rotatable bonds is 7. The molecule has 5 heteroatoms. The molecule has 0 saturated heterocycles. The van der Waals surface area contributed by atoms with Gasteiger partial charge in [-0.2, -0.15) is 0 Å². The summed E-state index contributed by atoms with van der Waals surface area (Å²) in [5.74, 6) is 1.76. The van der Waals surface area contributed by atoms with Crippen LogP contribution in [0.3, 0.4) is 0 Å². The van der Waals surface area contributed by atoms with Crippen molar-refractivity contribution in [1.29, 1.82) is 0 Å². The van der Waals surface area contributed by atoms with Crippen LogP contribution >= 0.6 is 0 Å². The monoisotopic (exact) mass is 1010 g/mol. The van der Waals surface area contributed by atoms with Crippen molar-refractivity contribution in [3.63, 3.8) is 0 Å². The van der Waals surface area contributed by atoms with Crippen LogP contribution in [-0.2, 0) is 0 Å². The van der Waals surface area contributed by atoms with Gasteiger partial charge in [-0.25, -0.2) is 9.97 Å². The molecule has 0 N–H and O–H groups in total. The first-order chi connectivity index (χ1) is 39.1. The maximum absolute atomic E-state index is 5.34. The Morgan fingerprint density at radius 3 is 1.35 bits per heavy atom. The van der Waals surface area contributed by atoms with E-state index in [9.17, 15) is 0 Å². The Kier molecular flexibility index (Phi) is 10.1. The number of nitrogens with zero attached hydrogens (tertiary/aromatic N) is 5. The maximum Gasteiger partial charge on any atom is 0.164 e. The average Bonchev–Trinajstić information content (AvgIpc) is 4.23. The summed E-state index contributed by atoms with van der Waals surface area (Å²) in [4.78, 5) is 15.5. The smallest absolute Gasteiger partial charge is 0.164 e. The van der Waals surface area contributed by atoms with Gasteiger partial charge in [-0.05, 0) is 160 Å². The first kappa shape index (κ1) is 44.8. The third kappa shape index (κ3) is 7.13. The minimum atomic E-state index is 0.791. The van der Waals surface area contributed by atoms with Gasteiger partial charge >= 0.3 is 0 Å². The maximum atomic E-state index is 5.34. The summed E-state index contributed by atoms with van der Waals surface area (Å²) >= 11 is 0. The normalized spacial score (nSPS) is 11.9. The van der Waals surface area contributed by atoms with Crippen LogP contribution in [0.2, 0.25) is 0 Å². The van der Waals surface area contributed by atoms with Crippen molar-refractivity contribution >= 4 is 86.7 Å². The second-order valence-corrected chi connectivity index (χ2v) is 20.7. The molecule has 0 radical (unpaired) electrons. The Morgan fingerprint density at radius 2 is 0.747 bits per heavy atom. The average molecular weight is 1010 g/mol. The van der Waals surface area contributed by atoms with Crippen LogP contribution in [0.25, 0.3) is 154 Å². The topological polar surface area (TPSA) is 48.5 Å². The summed E-state index contributed by atoms with van der Waals surface area (Å²) < 4.78 is 4.60. The molecule has 0 spiro atoms. The Bertz CT molecular complexity index is 5030. The molecule has 13 aromatic carbocycles. The molecule has 79 heavy (non-hydrogen) atoms. The summed E-state index contributed by atoms with van der Waals surface area (Å²) in [6.45, 7) is 2.10. The number of para-hydroxylation sites is 3. The van der Waals surface area contributed by atoms with Gasteiger partial charge in [0, 0.05) is 28.2 Å². The number of imidazole rings is 2. The van der Waals surface area contributed by atoms with Crippen LogP contribution in [0, 0.1) is 6.92 Å². The van der Waals surface area contributed by atoms with Crippen LogP contribution in [0.15, 0.2) is 267 Å². The fraction of sp³-hybridized carbons (Fsp3) is 0.0135. The van der Waals surface area contributed by atoms with Gasteiger partial charge in [-0.15, -0.1) is 0 Å². The summed E-state index contributed by atoms with van der Waals surface area (Å²) in [5.41, 5.74) is 16.4. The molecule has 0 bridgehead atoms. The molecule has 0 unspecified atom stereocenters. The molecule has 0 aliphatic carbocycles. The lowest BCUT2D eigenvalue weighted by molar-refractivity contribution is 1.02. The number of pyridine rings is 1. The molecular formula is C74H47N5. The molecule has 0 aliphatic heterocycles. The van der Waals surface area contributed by atoms with Crippen molar-refractivity contribution in [2.24, 2.45) is 0 Å². The van der Waals surface area contributed by atoms with Crippen molar-refractivity contribution < 1.29 is 0 Å². The van der Waals surface area contributed by atoms with Crippen molar-refractivity contribution in [1.82, 2.24) is 24.1 Å². The standard InChI is InChI=1S/C74H47N5/c1-46-76-65-29-15-16-30-68(65)78(46)73-63-27-13-11-25-61(63)71(62-26-12-14-28-64(62)73)53-36-34-49-41-51(33-32-50(49)43-53)55-38-40-67(75-45-55)74-77-66-39-37-54(44-69(66)79(74)56-19-3-2-4-20-56)72-59-23-9-7-21-57(59)70(58-22-8-10-24-60(58)72)52-35-31-47-17-5-6-18-48(47)42-52/h2-45H,1H3. The highest BCUT2D eigenvalue weighted by molar-refractivity contribution is 6.22. The predicted molar refractivity (Wildman–Crippen MR) is 330 cm³/mol. The van der Waals surface area contributed by atoms with Crippen LogP contribution in [0.4, 0.5) is 0 Å².